The van der Waals surface area contributed by atoms with Crippen LogP contribution >= 0.6 is 11.3 Å². The summed E-state index contributed by atoms with van der Waals surface area (Å²) in [5.74, 6) is -0.0937. The lowest BCUT2D eigenvalue weighted by Gasteiger charge is -2.25. The molecule has 2 N–H and O–H groups in total. The van der Waals surface area contributed by atoms with E-state index in [0.717, 1.165) is 30.2 Å². The van der Waals surface area contributed by atoms with Crippen LogP contribution in [0.15, 0.2) is 29.6 Å². The number of hydrogen-bond acceptors (Lipinski definition) is 6. The average Bonchev–Trinajstić information content (AvgIpc) is 3.18. The zero-order valence-electron chi connectivity index (χ0n) is 16.2. The summed E-state index contributed by atoms with van der Waals surface area (Å²) in [7, 11) is 0. The van der Waals surface area contributed by atoms with E-state index in [2.05, 4.69) is 34.6 Å². The van der Waals surface area contributed by atoms with Gasteiger partial charge in [-0.05, 0) is 23.5 Å². The van der Waals surface area contributed by atoms with Gasteiger partial charge in [0.15, 0.2) is 5.13 Å². The summed E-state index contributed by atoms with van der Waals surface area (Å²) in [4.78, 5) is 30.8. The molecular weight excluding hydrogens is 376 g/mol. The van der Waals surface area contributed by atoms with Crippen molar-refractivity contribution in [2.45, 2.75) is 26.7 Å². The first-order chi connectivity index (χ1) is 13.5. The van der Waals surface area contributed by atoms with Crippen LogP contribution in [0.3, 0.4) is 0 Å². The van der Waals surface area contributed by atoms with Crippen molar-refractivity contribution in [3.05, 3.63) is 46.5 Å². The number of hydrazine groups is 1. The summed E-state index contributed by atoms with van der Waals surface area (Å²) in [6.07, 6.45) is 1.22. The van der Waals surface area contributed by atoms with Gasteiger partial charge in [-0.25, -0.2) is 4.98 Å². The molecular formula is C20H26N4O3S. The van der Waals surface area contributed by atoms with Crippen molar-refractivity contribution in [3.8, 4) is 0 Å². The van der Waals surface area contributed by atoms with Gasteiger partial charge in [0, 0.05) is 18.5 Å². The molecule has 0 atom stereocenters. The summed E-state index contributed by atoms with van der Waals surface area (Å²) in [5, 5.41) is 2.49. The highest BCUT2D eigenvalue weighted by Crippen LogP contribution is 2.21. The molecule has 8 heteroatoms. The minimum absolute atomic E-state index is 0.207. The zero-order valence-corrected chi connectivity index (χ0v) is 17.1. The largest absolute Gasteiger partial charge is 0.378 e. The van der Waals surface area contributed by atoms with Crippen LogP contribution in [0.1, 0.15) is 35.5 Å². The molecule has 2 aromatic rings. The molecule has 0 spiro atoms. The van der Waals surface area contributed by atoms with Crippen molar-refractivity contribution in [2.24, 2.45) is 5.92 Å². The fourth-order valence-electron chi connectivity index (χ4n) is 2.95. The summed E-state index contributed by atoms with van der Waals surface area (Å²) >= 11 is 1.41. The third kappa shape index (κ3) is 5.77. The Labute approximate surface area is 169 Å². The second-order valence-corrected chi connectivity index (χ2v) is 8.04. The van der Waals surface area contributed by atoms with Gasteiger partial charge in [0.25, 0.3) is 5.91 Å². The smallest absolute Gasteiger partial charge is 0.289 e. The molecule has 0 radical (unpaired) electrons. The van der Waals surface area contributed by atoms with Gasteiger partial charge in [-0.1, -0.05) is 38.1 Å². The van der Waals surface area contributed by atoms with Gasteiger partial charge in [-0.15, -0.1) is 11.3 Å². The standard InChI is InChI=1S/C20H26N4O3S/c1-14(2)11-15-3-5-16(6-4-15)12-18(25)22-23-19(26)17-13-28-20(21-17)24-7-9-27-10-8-24/h3-6,13-14H,7-12H2,1-2H3,(H,22,25)(H,23,26). The summed E-state index contributed by atoms with van der Waals surface area (Å²) in [6.45, 7) is 7.21. The first-order valence-corrected chi connectivity index (χ1v) is 10.3. The monoisotopic (exact) mass is 402 g/mol. The van der Waals surface area contributed by atoms with Gasteiger partial charge in [0.2, 0.25) is 5.91 Å². The Morgan fingerprint density at radius 1 is 1.14 bits per heavy atom. The molecule has 3 rings (SSSR count). The number of morpholine rings is 1. The van der Waals surface area contributed by atoms with E-state index in [1.807, 2.05) is 24.3 Å². The molecule has 150 valence electrons. The van der Waals surface area contributed by atoms with Crippen molar-refractivity contribution in [1.82, 2.24) is 15.8 Å². The van der Waals surface area contributed by atoms with Crippen molar-refractivity contribution >= 4 is 28.3 Å². The lowest BCUT2D eigenvalue weighted by Crippen LogP contribution is -2.42. The van der Waals surface area contributed by atoms with Gasteiger partial charge in [-0.3, -0.25) is 20.4 Å². The lowest BCUT2D eigenvalue weighted by atomic mass is 10.0. The number of carbonyl (C=O) groups is 2. The zero-order chi connectivity index (χ0) is 19.9. The van der Waals surface area contributed by atoms with Crippen molar-refractivity contribution < 1.29 is 14.3 Å². The quantitative estimate of drug-likeness (QED) is 0.724. The van der Waals surface area contributed by atoms with Gasteiger partial charge in [0.05, 0.1) is 19.6 Å². The minimum Gasteiger partial charge on any atom is -0.378 e. The normalized spacial score (nSPS) is 14.2. The fourth-order valence-corrected chi connectivity index (χ4v) is 3.81. The van der Waals surface area contributed by atoms with Crippen LogP contribution in [0.5, 0.6) is 0 Å². The number of hydrogen-bond donors (Lipinski definition) is 2. The van der Waals surface area contributed by atoms with Crippen molar-refractivity contribution in [2.75, 3.05) is 31.2 Å². The van der Waals surface area contributed by atoms with E-state index >= 15 is 0 Å². The maximum absolute atomic E-state index is 12.2. The SMILES string of the molecule is CC(C)Cc1ccc(CC(=O)NNC(=O)c2csc(N3CCOCC3)n2)cc1. The second kappa shape index (κ2) is 9.66. The molecule has 1 fully saturated rings. The molecule has 1 aliphatic rings. The van der Waals surface area contributed by atoms with Gasteiger partial charge < -0.3 is 9.64 Å². The Morgan fingerprint density at radius 3 is 2.50 bits per heavy atom. The van der Waals surface area contributed by atoms with E-state index in [0.29, 0.717) is 24.8 Å². The summed E-state index contributed by atoms with van der Waals surface area (Å²) < 4.78 is 5.32. The Morgan fingerprint density at radius 2 is 1.82 bits per heavy atom. The van der Waals surface area contributed by atoms with Crippen LogP contribution in [0.2, 0.25) is 0 Å². The number of nitrogens with zero attached hydrogens (tertiary/aromatic N) is 2. The Balaban J connectivity index is 1.46. The number of rotatable bonds is 6. The number of amides is 2. The van der Waals surface area contributed by atoms with Gasteiger partial charge >= 0.3 is 0 Å². The molecule has 0 unspecified atom stereocenters. The van der Waals surface area contributed by atoms with Gasteiger partial charge in [0.1, 0.15) is 5.69 Å². The number of thiazole rings is 1. The molecule has 1 aromatic carbocycles. The molecule has 2 heterocycles. The Hall–Kier alpha value is -2.45. The molecule has 0 aliphatic carbocycles. The molecule has 28 heavy (non-hydrogen) atoms. The molecule has 1 aromatic heterocycles. The van der Waals surface area contributed by atoms with Crippen LogP contribution < -0.4 is 15.8 Å². The van der Waals surface area contributed by atoms with Crippen molar-refractivity contribution in [3.63, 3.8) is 0 Å². The van der Waals surface area contributed by atoms with E-state index in [1.165, 1.54) is 16.9 Å². The highest BCUT2D eigenvalue weighted by molar-refractivity contribution is 7.13. The highest BCUT2D eigenvalue weighted by Gasteiger charge is 2.17. The maximum atomic E-state index is 12.2. The third-order valence-electron chi connectivity index (χ3n) is 4.35. The first kappa shape index (κ1) is 20.3. The third-order valence-corrected chi connectivity index (χ3v) is 5.25. The highest BCUT2D eigenvalue weighted by atomic mass is 32.1. The van der Waals surface area contributed by atoms with E-state index < -0.39 is 5.91 Å². The Kier molecular flexibility index (Phi) is 7.00. The van der Waals surface area contributed by atoms with Crippen LogP contribution in [0, 0.1) is 5.92 Å². The van der Waals surface area contributed by atoms with E-state index in [9.17, 15) is 9.59 Å². The first-order valence-electron chi connectivity index (χ1n) is 9.46. The predicted octanol–water partition coefficient (Wildman–Crippen LogP) is 2.18. The van der Waals surface area contributed by atoms with E-state index in [4.69, 9.17) is 4.74 Å². The molecule has 2 amide bonds. The maximum Gasteiger partial charge on any atom is 0.289 e. The fraction of sp³-hybridized carbons (Fsp3) is 0.450. The van der Waals surface area contributed by atoms with Crippen LogP contribution in [-0.4, -0.2) is 43.1 Å². The topological polar surface area (TPSA) is 83.6 Å². The molecule has 7 nitrogen and oxygen atoms in total. The molecule has 0 bridgehead atoms. The molecule has 1 aliphatic heterocycles. The lowest BCUT2D eigenvalue weighted by molar-refractivity contribution is -0.121. The number of aromatic nitrogens is 1. The van der Waals surface area contributed by atoms with Crippen molar-refractivity contribution in [1.29, 1.82) is 0 Å². The summed E-state index contributed by atoms with van der Waals surface area (Å²) in [6, 6.07) is 8.00. The number of benzene rings is 1. The Bertz CT molecular complexity index is 798. The molecule has 0 saturated carbocycles. The number of carbonyl (C=O) groups excluding carboxylic acids is 2. The average molecular weight is 403 g/mol. The predicted molar refractivity (Wildman–Crippen MR) is 109 cm³/mol. The number of nitrogens with one attached hydrogen (secondary N) is 2. The molecule has 1 saturated heterocycles. The van der Waals surface area contributed by atoms with E-state index in [-0.39, 0.29) is 12.3 Å². The van der Waals surface area contributed by atoms with Crippen LogP contribution in [-0.2, 0) is 22.4 Å². The number of anilines is 1. The van der Waals surface area contributed by atoms with Crippen LogP contribution in [0.25, 0.3) is 0 Å². The second-order valence-electron chi connectivity index (χ2n) is 7.21. The summed E-state index contributed by atoms with van der Waals surface area (Å²) in [5.41, 5.74) is 7.35. The van der Waals surface area contributed by atoms with Gasteiger partial charge in [-0.2, -0.15) is 0 Å². The number of ether oxygens (including phenoxy) is 1. The van der Waals surface area contributed by atoms with E-state index in [1.54, 1.807) is 5.38 Å². The van der Waals surface area contributed by atoms with Crippen LogP contribution in [0.4, 0.5) is 5.13 Å². The minimum atomic E-state index is -0.420.